The van der Waals surface area contributed by atoms with Gasteiger partial charge in [-0.2, -0.15) is 0 Å². The van der Waals surface area contributed by atoms with Gasteiger partial charge in [-0.1, -0.05) is 24.3 Å². The van der Waals surface area contributed by atoms with E-state index in [0.717, 1.165) is 38.8 Å². The molecule has 5 aromatic rings. The normalized spacial score (nSPS) is 11.3. The summed E-state index contributed by atoms with van der Waals surface area (Å²) in [5.41, 5.74) is 11.6. The number of hydrogen-bond donors (Lipinski definition) is 1. The molecule has 28 heavy (non-hydrogen) atoms. The molecule has 0 radical (unpaired) electrons. The number of anilines is 1. The number of rotatable bonds is 2. The molecule has 6 nitrogen and oxygen atoms in total. The van der Waals surface area contributed by atoms with Crippen LogP contribution in [0.2, 0.25) is 0 Å². The Labute approximate surface area is 160 Å². The zero-order chi connectivity index (χ0) is 19.3. The summed E-state index contributed by atoms with van der Waals surface area (Å²) in [6.07, 6.45) is 5.15. The molecular weight excluding hydrogens is 350 g/mol. The number of nitrogens with zero attached hydrogens (tertiary/aromatic N) is 4. The van der Waals surface area contributed by atoms with Gasteiger partial charge in [-0.15, -0.1) is 0 Å². The van der Waals surface area contributed by atoms with E-state index in [4.69, 9.17) is 5.73 Å². The summed E-state index contributed by atoms with van der Waals surface area (Å²) in [7, 11) is 1.77. The van der Waals surface area contributed by atoms with E-state index in [1.807, 2.05) is 54.6 Å². The first-order chi connectivity index (χ1) is 13.6. The summed E-state index contributed by atoms with van der Waals surface area (Å²) in [5.74, 6) is 0. The number of benzene rings is 2. The second-order valence-electron chi connectivity index (χ2n) is 6.74. The lowest BCUT2D eigenvalue weighted by molar-refractivity contribution is 0.846. The number of aromatic nitrogens is 4. The number of hydrogen-bond acceptors (Lipinski definition) is 4. The zero-order valence-corrected chi connectivity index (χ0v) is 15.2. The van der Waals surface area contributed by atoms with E-state index in [1.54, 1.807) is 34.8 Å². The Morgan fingerprint density at radius 1 is 0.929 bits per heavy atom. The Morgan fingerprint density at radius 2 is 1.75 bits per heavy atom. The average Bonchev–Trinajstić information content (AvgIpc) is 2.99. The van der Waals surface area contributed by atoms with Crippen LogP contribution >= 0.6 is 0 Å². The van der Waals surface area contributed by atoms with Crippen molar-refractivity contribution in [1.82, 2.24) is 19.1 Å². The maximum absolute atomic E-state index is 13.0. The third-order valence-corrected chi connectivity index (χ3v) is 4.99. The van der Waals surface area contributed by atoms with Gasteiger partial charge in [0.1, 0.15) is 0 Å². The summed E-state index contributed by atoms with van der Waals surface area (Å²) >= 11 is 0. The van der Waals surface area contributed by atoms with E-state index in [0.29, 0.717) is 5.69 Å². The molecule has 0 amide bonds. The monoisotopic (exact) mass is 367 g/mol. The molecule has 0 fully saturated rings. The van der Waals surface area contributed by atoms with Crippen LogP contribution in [0.5, 0.6) is 0 Å². The molecule has 136 valence electrons. The van der Waals surface area contributed by atoms with Gasteiger partial charge < -0.3 is 5.73 Å². The van der Waals surface area contributed by atoms with Gasteiger partial charge in [-0.25, -0.2) is 4.79 Å². The number of aryl methyl sites for hydroxylation is 1. The first-order valence-electron chi connectivity index (χ1n) is 8.90. The molecule has 3 aromatic heterocycles. The van der Waals surface area contributed by atoms with Crippen molar-refractivity contribution in [1.29, 1.82) is 0 Å². The topological polar surface area (TPSA) is 78.7 Å². The lowest BCUT2D eigenvalue weighted by atomic mass is 10.0. The Bertz CT molecular complexity index is 1400. The fourth-order valence-corrected chi connectivity index (χ4v) is 3.61. The minimum absolute atomic E-state index is 0.105. The fraction of sp³-hybridized carbons (Fsp3) is 0.0455. The van der Waals surface area contributed by atoms with E-state index in [9.17, 15) is 4.79 Å². The van der Waals surface area contributed by atoms with E-state index in [2.05, 4.69) is 9.97 Å². The SMILES string of the molecule is Cn1c(=O)n(-c2ccccc2)c2c3cc(-c4cncc(N)c4)ccc3ncc21. The van der Waals surface area contributed by atoms with Crippen LogP contribution in [0.1, 0.15) is 0 Å². The second kappa shape index (κ2) is 6.06. The lowest BCUT2D eigenvalue weighted by Gasteiger charge is -2.08. The summed E-state index contributed by atoms with van der Waals surface area (Å²) in [5, 5.41) is 0.902. The maximum Gasteiger partial charge on any atom is 0.333 e. The quantitative estimate of drug-likeness (QED) is 0.518. The zero-order valence-electron chi connectivity index (χ0n) is 15.2. The minimum Gasteiger partial charge on any atom is -0.397 e. The van der Waals surface area contributed by atoms with Crippen molar-refractivity contribution in [2.75, 3.05) is 5.73 Å². The number of fused-ring (bicyclic) bond motifs is 3. The average molecular weight is 367 g/mol. The largest absolute Gasteiger partial charge is 0.397 e. The molecule has 0 unspecified atom stereocenters. The molecule has 0 bridgehead atoms. The fourth-order valence-electron chi connectivity index (χ4n) is 3.61. The van der Waals surface area contributed by atoms with Crippen LogP contribution in [-0.4, -0.2) is 19.1 Å². The molecule has 0 saturated carbocycles. The van der Waals surface area contributed by atoms with Crippen LogP contribution in [0.15, 0.2) is 78.0 Å². The Hall–Kier alpha value is -3.93. The van der Waals surface area contributed by atoms with E-state index in [1.165, 1.54) is 0 Å². The molecule has 0 spiro atoms. The Kier molecular flexibility index (Phi) is 3.52. The molecule has 2 aromatic carbocycles. The van der Waals surface area contributed by atoms with Crippen molar-refractivity contribution in [3.63, 3.8) is 0 Å². The third kappa shape index (κ3) is 2.39. The number of para-hydroxylation sites is 1. The van der Waals surface area contributed by atoms with Gasteiger partial charge in [0.2, 0.25) is 0 Å². The molecule has 6 heteroatoms. The van der Waals surface area contributed by atoms with Gasteiger partial charge in [-0.3, -0.25) is 19.1 Å². The van der Waals surface area contributed by atoms with Crippen LogP contribution < -0.4 is 11.4 Å². The molecule has 5 rings (SSSR count). The van der Waals surface area contributed by atoms with Gasteiger partial charge in [0.25, 0.3) is 0 Å². The van der Waals surface area contributed by atoms with Crippen molar-refractivity contribution in [3.05, 3.63) is 83.7 Å². The molecule has 0 atom stereocenters. The highest BCUT2D eigenvalue weighted by Gasteiger charge is 2.16. The third-order valence-electron chi connectivity index (χ3n) is 4.99. The van der Waals surface area contributed by atoms with Crippen molar-refractivity contribution in [2.45, 2.75) is 0 Å². The number of pyridine rings is 2. The van der Waals surface area contributed by atoms with Crippen LogP contribution in [0, 0.1) is 0 Å². The second-order valence-corrected chi connectivity index (χ2v) is 6.74. The van der Waals surface area contributed by atoms with Crippen LogP contribution in [0.4, 0.5) is 5.69 Å². The molecule has 0 aliphatic carbocycles. The summed E-state index contributed by atoms with van der Waals surface area (Å²) in [4.78, 5) is 21.7. The van der Waals surface area contributed by atoms with Gasteiger partial charge >= 0.3 is 5.69 Å². The summed E-state index contributed by atoms with van der Waals surface area (Å²) < 4.78 is 3.37. The molecule has 0 aliphatic heterocycles. The highest BCUT2D eigenvalue weighted by Crippen LogP contribution is 2.29. The van der Waals surface area contributed by atoms with Gasteiger partial charge in [-0.05, 0) is 35.9 Å². The van der Waals surface area contributed by atoms with Crippen LogP contribution in [-0.2, 0) is 7.05 Å². The molecular formula is C22H17N5O. The predicted molar refractivity (Wildman–Crippen MR) is 111 cm³/mol. The van der Waals surface area contributed by atoms with Crippen molar-refractivity contribution in [3.8, 4) is 16.8 Å². The Morgan fingerprint density at radius 3 is 2.54 bits per heavy atom. The van der Waals surface area contributed by atoms with Gasteiger partial charge in [0.15, 0.2) is 0 Å². The lowest BCUT2D eigenvalue weighted by Crippen LogP contribution is -2.20. The predicted octanol–water partition coefficient (Wildman–Crippen LogP) is 3.52. The smallest absolute Gasteiger partial charge is 0.333 e. The summed E-state index contributed by atoms with van der Waals surface area (Å²) in [6.45, 7) is 0. The first-order valence-corrected chi connectivity index (χ1v) is 8.90. The number of nitrogens with two attached hydrogens (primary N) is 1. The highest BCUT2D eigenvalue weighted by molar-refractivity contribution is 6.04. The molecule has 2 N–H and O–H groups in total. The molecule has 0 aliphatic rings. The summed E-state index contributed by atoms with van der Waals surface area (Å²) in [6, 6.07) is 17.5. The highest BCUT2D eigenvalue weighted by atomic mass is 16.1. The number of nitrogen functional groups attached to an aromatic ring is 1. The number of imidazole rings is 1. The van der Waals surface area contributed by atoms with E-state index >= 15 is 0 Å². The van der Waals surface area contributed by atoms with E-state index < -0.39 is 0 Å². The van der Waals surface area contributed by atoms with Crippen molar-refractivity contribution >= 4 is 27.6 Å². The van der Waals surface area contributed by atoms with Gasteiger partial charge in [0, 0.05) is 30.4 Å². The van der Waals surface area contributed by atoms with E-state index in [-0.39, 0.29) is 5.69 Å². The Balaban J connectivity index is 1.90. The molecule has 3 heterocycles. The molecule has 0 saturated heterocycles. The maximum atomic E-state index is 13.0. The standard InChI is InChI=1S/C22H17N5O/c1-26-20-13-25-19-8-7-14(15-9-16(23)12-24-11-15)10-18(19)21(20)27(22(26)28)17-5-3-2-4-6-17/h2-13H,23H2,1H3. The first kappa shape index (κ1) is 16.3. The van der Waals surface area contributed by atoms with Crippen LogP contribution in [0.25, 0.3) is 38.8 Å². The van der Waals surface area contributed by atoms with Crippen molar-refractivity contribution < 1.29 is 0 Å². The van der Waals surface area contributed by atoms with Crippen LogP contribution in [0.3, 0.4) is 0 Å². The van der Waals surface area contributed by atoms with Crippen molar-refractivity contribution in [2.24, 2.45) is 7.05 Å². The minimum atomic E-state index is -0.105. The van der Waals surface area contributed by atoms with Gasteiger partial charge in [0.05, 0.1) is 34.1 Å².